The van der Waals surface area contributed by atoms with E-state index < -0.39 is 0 Å². The molecule has 3 heteroatoms. The SMILES string of the molecule is NC(CC1OCCO1)c1cccc(C2CCC2)c1. The normalized spacial score (nSPS) is 22.9. The Balaban J connectivity index is 1.66. The zero-order valence-electron chi connectivity index (χ0n) is 10.7. The Morgan fingerprint density at radius 3 is 2.67 bits per heavy atom. The van der Waals surface area contributed by atoms with Crippen molar-refractivity contribution in [2.45, 2.75) is 43.9 Å². The van der Waals surface area contributed by atoms with Crippen LogP contribution in [-0.2, 0) is 9.47 Å². The number of hydrogen-bond acceptors (Lipinski definition) is 3. The van der Waals surface area contributed by atoms with E-state index in [-0.39, 0.29) is 12.3 Å². The van der Waals surface area contributed by atoms with Crippen LogP contribution in [0.25, 0.3) is 0 Å². The van der Waals surface area contributed by atoms with Crippen LogP contribution in [0.15, 0.2) is 24.3 Å². The molecule has 3 nitrogen and oxygen atoms in total. The molecule has 1 aliphatic carbocycles. The van der Waals surface area contributed by atoms with Crippen molar-refractivity contribution in [3.63, 3.8) is 0 Å². The minimum Gasteiger partial charge on any atom is -0.350 e. The number of benzene rings is 1. The van der Waals surface area contributed by atoms with E-state index >= 15 is 0 Å². The van der Waals surface area contributed by atoms with Crippen molar-refractivity contribution in [3.05, 3.63) is 35.4 Å². The average Bonchev–Trinajstić information content (AvgIpc) is 2.80. The van der Waals surface area contributed by atoms with Crippen molar-refractivity contribution in [2.24, 2.45) is 5.73 Å². The summed E-state index contributed by atoms with van der Waals surface area (Å²) < 4.78 is 10.9. The van der Waals surface area contributed by atoms with Crippen molar-refractivity contribution >= 4 is 0 Å². The average molecular weight is 247 g/mol. The summed E-state index contributed by atoms with van der Waals surface area (Å²) in [5.41, 5.74) is 8.90. The second kappa shape index (κ2) is 5.39. The first kappa shape index (κ1) is 12.2. The number of nitrogens with two attached hydrogens (primary N) is 1. The van der Waals surface area contributed by atoms with Gasteiger partial charge in [0.15, 0.2) is 6.29 Å². The third-order valence-electron chi connectivity index (χ3n) is 4.05. The Morgan fingerprint density at radius 1 is 1.22 bits per heavy atom. The zero-order chi connectivity index (χ0) is 12.4. The third-order valence-corrected chi connectivity index (χ3v) is 4.05. The van der Waals surface area contributed by atoms with Gasteiger partial charge in [0, 0.05) is 12.5 Å². The minimum absolute atomic E-state index is 0.00752. The maximum Gasteiger partial charge on any atom is 0.159 e. The van der Waals surface area contributed by atoms with Crippen molar-refractivity contribution in [2.75, 3.05) is 13.2 Å². The molecule has 98 valence electrons. The smallest absolute Gasteiger partial charge is 0.159 e. The molecule has 0 spiro atoms. The molecule has 1 saturated heterocycles. The molecule has 0 amide bonds. The van der Waals surface area contributed by atoms with E-state index in [0.29, 0.717) is 13.2 Å². The quantitative estimate of drug-likeness (QED) is 0.889. The zero-order valence-corrected chi connectivity index (χ0v) is 10.7. The molecule has 1 atom stereocenters. The van der Waals surface area contributed by atoms with Crippen LogP contribution < -0.4 is 5.73 Å². The first-order valence-corrected chi connectivity index (χ1v) is 6.91. The molecule has 0 aromatic heterocycles. The highest BCUT2D eigenvalue weighted by atomic mass is 16.7. The van der Waals surface area contributed by atoms with Gasteiger partial charge in [-0.15, -0.1) is 0 Å². The predicted octanol–water partition coefficient (Wildman–Crippen LogP) is 2.72. The second-order valence-electron chi connectivity index (χ2n) is 5.31. The summed E-state index contributed by atoms with van der Waals surface area (Å²) in [6.07, 6.45) is 4.65. The summed E-state index contributed by atoms with van der Waals surface area (Å²) in [6.45, 7) is 1.39. The van der Waals surface area contributed by atoms with Crippen LogP contribution in [0.5, 0.6) is 0 Å². The second-order valence-corrected chi connectivity index (χ2v) is 5.31. The summed E-state index contributed by atoms with van der Waals surface area (Å²) >= 11 is 0. The number of rotatable bonds is 4. The van der Waals surface area contributed by atoms with Gasteiger partial charge in [-0.2, -0.15) is 0 Å². The lowest BCUT2D eigenvalue weighted by Gasteiger charge is -2.27. The summed E-state index contributed by atoms with van der Waals surface area (Å²) in [5.74, 6) is 0.760. The Morgan fingerprint density at radius 2 is 2.00 bits per heavy atom. The molecule has 2 N–H and O–H groups in total. The molecule has 1 unspecified atom stereocenters. The van der Waals surface area contributed by atoms with Crippen molar-refractivity contribution in [3.8, 4) is 0 Å². The minimum atomic E-state index is -0.118. The van der Waals surface area contributed by atoms with Crippen LogP contribution in [0, 0.1) is 0 Å². The largest absolute Gasteiger partial charge is 0.350 e. The molecule has 3 rings (SSSR count). The van der Waals surface area contributed by atoms with E-state index in [1.807, 2.05) is 0 Å². The molecule has 1 aromatic carbocycles. The van der Waals surface area contributed by atoms with Crippen molar-refractivity contribution in [1.82, 2.24) is 0 Å². The molecular weight excluding hydrogens is 226 g/mol. The molecule has 1 aromatic rings. The highest BCUT2D eigenvalue weighted by molar-refractivity contribution is 5.29. The van der Waals surface area contributed by atoms with E-state index in [4.69, 9.17) is 15.2 Å². The Labute approximate surface area is 108 Å². The van der Waals surface area contributed by atoms with Crippen LogP contribution in [-0.4, -0.2) is 19.5 Å². The third kappa shape index (κ3) is 2.58. The summed E-state index contributed by atoms with van der Waals surface area (Å²) in [5, 5.41) is 0. The first-order valence-electron chi connectivity index (χ1n) is 6.91. The lowest BCUT2D eigenvalue weighted by atomic mass is 9.79. The van der Waals surface area contributed by atoms with Crippen LogP contribution >= 0.6 is 0 Å². The molecule has 1 aliphatic heterocycles. The predicted molar refractivity (Wildman–Crippen MR) is 70.3 cm³/mol. The van der Waals surface area contributed by atoms with E-state index in [9.17, 15) is 0 Å². The highest BCUT2D eigenvalue weighted by Crippen LogP contribution is 2.37. The van der Waals surface area contributed by atoms with Gasteiger partial charge in [-0.25, -0.2) is 0 Å². The molecule has 1 heterocycles. The van der Waals surface area contributed by atoms with Gasteiger partial charge in [0.05, 0.1) is 13.2 Å². The van der Waals surface area contributed by atoms with Gasteiger partial charge in [-0.3, -0.25) is 0 Å². The molecule has 2 fully saturated rings. The molecule has 0 bridgehead atoms. The molecule has 18 heavy (non-hydrogen) atoms. The van der Waals surface area contributed by atoms with Gasteiger partial charge >= 0.3 is 0 Å². The maximum atomic E-state index is 6.24. The summed E-state index contributed by atoms with van der Waals surface area (Å²) in [6, 6.07) is 8.74. The van der Waals surface area contributed by atoms with Gasteiger partial charge < -0.3 is 15.2 Å². The van der Waals surface area contributed by atoms with E-state index in [1.165, 1.54) is 30.4 Å². The van der Waals surface area contributed by atoms with Gasteiger partial charge in [0.1, 0.15) is 0 Å². The Kier molecular flexibility index (Phi) is 3.64. The summed E-state index contributed by atoms with van der Waals surface area (Å²) in [4.78, 5) is 0. The summed E-state index contributed by atoms with van der Waals surface area (Å²) in [7, 11) is 0. The fourth-order valence-electron chi connectivity index (χ4n) is 2.67. The van der Waals surface area contributed by atoms with Crippen molar-refractivity contribution in [1.29, 1.82) is 0 Å². The van der Waals surface area contributed by atoms with E-state index in [2.05, 4.69) is 24.3 Å². The fourth-order valence-corrected chi connectivity index (χ4v) is 2.67. The van der Waals surface area contributed by atoms with Gasteiger partial charge in [-0.05, 0) is 29.9 Å². The first-order chi connectivity index (χ1) is 8.83. The van der Waals surface area contributed by atoms with E-state index in [0.717, 1.165) is 12.3 Å². The van der Waals surface area contributed by atoms with Crippen LogP contribution in [0.4, 0.5) is 0 Å². The van der Waals surface area contributed by atoms with Gasteiger partial charge in [0.2, 0.25) is 0 Å². The lowest BCUT2D eigenvalue weighted by molar-refractivity contribution is -0.0507. The fraction of sp³-hybridized carbons (Fsp3) is 0.600. The van der Waals surface area contributed by atoms with Crippen molar-refractivity contribution < 1.29 is 9.47 Å². The number of hydrogen-bond donors (Lipinski definition) is 1. The Hall–Kier alpha value is -0.900. The number of ether oxygens (including phenoxy) is 2. The monoisotopic (exact) mass is 247 g/mol. The highest BCUT2D eigenvalue weighted by Gasteiger charge is 2.22. The van der Waals surface area contributed by atoms with Crippen LogP contribution in [0.1, 0.15) is 48.8 Å². The Bertz CT molecular complexity index is 397. The van der Waals surface area contributed by atoms with Crippen LogP contribution in [0.2, 0.25) is 0 Å². The topological polar surface area (TPSA) is 44.5 Å². The van der Waals surface area contributed by atoms with Gasteiger partial charge in [0.25, 0.3) is 0 Å². The standard InChI is InChI=1S/C15H21NO2/c16-14(10-15-17-7-8-18-15)13-6-2-5-12(9-13)11-3-1-4-11/h2,5-6,9,11,14-15H,1,3-4,7-8,10,16H2. The lowest BCUT2D eigenvalue weighted by Crippen LogP contribution is -2.20. The molecule has 0 radical (unpaired) electrons. The molecule has 1 saturated carbocycles. The van der Waals surface area contributed by atoms with Crippen LogP contribution in [0.3, 0.4) is 0 Å². The van der Waals surface area contributed by atoms with E-state index in [1.54, 1.807) is 0 Å². The molecule has 2 aliphatic rings. The maximum absolute atomic E-state index is 6.24. The van der Waals surface area contributed by atoms with Gasteiger partial charge in [-0.1, -0.05) is 30.7 Å². The molecular formula is C15H21NO2.